The highest BCUT2D eigenvalue weighted by molar-refractivity contribution is 6.33. The SMILES string of the molecule is COc1ccc(-c2cc3c4c(c2)[C@H]2CN(C(=O)O)CC[C@H]2N4CC3)c(Cl)c1. The van der Waals surface area contributed by atoms with Crippen LogP contribution in [0.25, 0.3) is 11.1 Å². The highest BCUT2D eigenvalue weighted by atomic mass is 35.5. The van der Waals surface area contributed by atoms with Crippen molar-refractivity contribution in [2.45, 2.75) is 24.8 Å². The van der Waals surface area contributed by atoms with Crippen LogP contribution >= 0.6 is 11.6 Å². The first-order valence-electron chi connectivity index (χ1n) is 9.32. The molecule has 1 amide bonds. The zero-order valence-electron chi connectivity index (χ0n) is 15.1. The van der Waals surface area contributed by atoms with Crippen LogP contribution in [-0.4, -0.2) is 48.9 Å². The van der Waals surface area contributed by atoms with Gasteiger partial charge >= 0.3 is 6.09 Å². The number of anilines is 1. The molecule has 2 aromatic rings. The van der Waals surface area contributed by atoms with Gasteiger partial charge in [0.25, 0.3) is 0 Å². The van der Waals surface area contributed by atoms with Gasteiger partial charge in [-0.25, -0.2) is 4.79 Å². The molecule has 0 aromatic heterocycles. The Balaban J connectivity index is 1.60. The minimum atomic E-state index is -0.819. The van der Waals surface area contributed by atoms with Crippen LogP contribution in [0.4, 0.5) is 10.5 Å². The number of fused-ring (bicyclic) bond motifs is 3. The fourth-order valence-electron chi connectivity index (χ4n) is 5.03. The number of hydrogen-bond acceptors (Lipinski definition) is 3. The molecular formula is C21H21ClN2O3. The van der Waals surface area contributed by atoms with Gasteiger partial charge < -0.3 is 19.6 Å². The smallest absolute Gasteiger partial charge is 0.407 e. The predicted molar refractivity (Wildman–Crippen MR) is 105 cm³/mol. The number of rotatable bonds is 2. The van der Waals surface area contributed by atoms with Gasteiger partial charge in [0, 0.05) is 42.8 Å². The van der Waals surface area contributed by atoms with Crippen molar-refractivity contribution in [1.82, 2.24) is 4.90 Å². The van der Waals surface area contributed by atoms with Crippen LogP contribution in [0.2, 0.25) is 5.02 Å². The number of carboxylic acid groups (broad SMARTS) is 1. The van der Waals surface area contributed by atoms with Crippen molar-refractivity contribution in [3.8, 4) is 16.9 Å². The van der Waals surface area contributed by atoms with Gasteiger partial charge in [0.05, 0.1) is 12.1 Å². The number of likely N-dealkylation sites (tertiary alicyclic amines) is 1. The zero-order valence-corrected chi connectivity index (χ0v) is 15.9. The minimum absolute atomic E-state index is 0.237. The second kappa shape index (κ2) is 6.06. The molecular weight excluding hydrogens is 364 g/mol. The van der Waals surface area contributed by atoms with Crippen molar-refractivity contribution >= 4 is 23.4 Å². The molecule has 1 fully saturated rings. The number of hydrogen-bond donors (Lipinski definition) is 1. The summed E-state index contributed by atoms with van der Waals surface area (Å²) in [6.45, 7) is 2.21. The third-order valence-corrected chi connectivity index (χ3v) is 6.57. The van der Waals surface area contributed by atoms with E-state index in [9.17, 15) is 9.90 Å². The Morgan fingerprint density at radius 3 is 2.85 bits per heavy atom. The summed E-state index contributed by atoms with van der Waals surface area (Å²) in [7, 11) is 1.63. The molecule has 0 unspecified atom stereocenters. The Labute approximate surface area is 163 Å². The first kappa shape index (κ1) is 16.8. The Hall–Kier alpha value is -2.40. The third kappa shape index (κ3) is 2.48. The highest BCUT2D eigenvalue weighted by Crippen LogP contribution is 2.51. The summed E-state index contributed by atoms with van der Waals surface area (Å²) >= 11 is 6.53. The first-order valence-corrected chi connectivity index (χ1v) is 9.70. The Kier molecular flexibility index (Phi) is 3.76. The largest absolute Gasteiger partial charge is 0.497 e. The van der Waals surface area contributed by atoms with Crippen molar-refractivity contribution in [1.29, 1.82) is 0 Å². The average molecular weight is 385 g/mol. The van der Waals surface area contributed by atoms with Crippen LogP contribution < -0.4 is 9.64 Å². The van der Waals surface area contributed by atoms with Crippen molar-refractivity contribution in [2.75, 3.05) is 31.6 Å². The quantitative estimate of drug-likeness (QED) is 0.841. The third-order valence-electron chi connectivity index (χ3n) is 6.26. The van der Waals surface area contributed by atoms with E-state index in [4.69, 9.17) is 16.3 Å². The number of ether oxygens (including phenoxy) is 1. The lowest BCUT2D eigenvalue weighted by Crippen LogP contribution is -2.47. The second-order valence-corrected chi connectivity index (χ2v) is 7.96. The molecule has 3 aliphatic heterocycles. The second-order valence-electron chi connectivity index (χ2n) is 7.55. The van der Waals surface area contributed by atoms with Gasteiger partial charge in [0.15, 0.2) is 0 Å². The summed E-state index contributed by atoms with van der Waals surface area (Å²) in [4.78, 5) is 15.6. The Morgan fingerprint density at radius 1 is 1.26 bits per heavy atom. The van der Waals surface area contributed by atoms with Gasteiger partial charge in [-0.05, 0) is 59.9 Å². The van der Waals surface area contributed by atoms with E-state index in [1.807, 2.05) is 18.2 Å². The molecule has 0 radical (unpaired) electrons. The van der Waals surface area contributed by atoms with Crippen LogP contribution in [0.5, 0.6) is 5.75 Å². The van der Waals surface area contributed by atoms with Crippen molar-refractivity contribution in [3.63, 3.8) is 0 Å². The molecule has 6 heteroatoms. The van der Waals surface area contributed by atoms with E-state index in [2.05, 4.69) is 17.0 Å². The first-order chi connectivity index (χ1) is 13.1. The molecule has 1 saturated heterocycles. The number of nitrogens with zero attached hydrogens (tertiary/aromatic N) is 2. The van der Waals surface area contributed by atoms with E-state index in [1.165, 1.54) is 16.8 Å². The number of methoxy groups -OCH3 is 1. The predicted octanol–water partition coefficient (Wildman–Crippen LogP) is 4.23. The van der Waals surface area contributed by atoms with Crippen molar-refractivity contribution < 1.29 is 14.6 Å². The number of benzene rings is 2. The van der Waals surface area contributed by atoms with Crippen LogP contribution in [-0.2, 0) is 6.42 Å². The maximum absolute atomic E-state index is 11.5. The van der Waals surface area contributed by atoms with E-state index < -0.39 is 6.09 Å². The van der Waals surface area contributed by atoms with Crippen LogP contribution in [0.3, 0.4) is 0 Å². The van der Waals surface area contributed by atoms with Crippen molar-refractivity contribution in [3.05, 3.63) is 46.5 Å². The van der Waals surface area contributed by atoms with Gasteiger partial charge in [-0.15, -0.1) is 0 Å². The average Bonchev–Trinajstić information content (AvgIpc) is 3.23. The number of carbonyl (C=O) groups is 1. The topological polar surface area (TPSA) is 53.0 Å². The van der Waals surface area contributed by atoms with Crippen LogP contribution in [0.15, 0.2) is 30.3 Å². The summed E-state index contributed by atoms with van der Waals surface area (Å²) in [5, 5.41) is 10.1. The van der Waals surface area contributed by atoms with Gasteiger partial charge in [0.1, 0.15) is 5.75 Å². The Morgan fingerprint density at radius 2 is 2.11 bits per heavy atom. The molecule has 5 nitrogen and oxygen atoms in total. The molecule has 0 bridgehead atoms. The molecule has 3 heterocycles. The van der Waals surface area contributed by atoms with E-state index >= 15 is 0 Å². The summed E-state index contributed by atoms with van der Waals surface area (Å²) in [5.41, 5.74) is 6.06. The molecule has 140 valence electrons. The summed E-state index contributed by atoms with van der Waals surface area (Å²) < 4.78 is 5.26. The highest BCUT2D eigenvalue weighted by Gasteiger charge is 2.45. The summed E-state index contributed by atoms with van der Waals surface area (Å²) in [6.07, 6.45) is 1.11. The molecule has 2 atom stereocenters. The van der Waals surface area contributed by atoms with Gasteiger partial charge in [-0.1, -0.05) is 11.6 Å². The maximum atomic E-state index is 11.5. The van der Waals surface area contributed by atoms with Crippen LogP contribution in [0, 0.1) is 0 Å². The summed E-state index contributed by atoms with van der Waals surface area (Å²) in [5.74, 6) is 0.978. The van der Waals surface area contributed by atoms with E-state index in [0.717, 1.165) is 36.3 Å². The normalized spacial score (nSPS) is 22.6. The molecule has 2 aromatic carbocycles. The van der Waals surface area contributed by atoms with Gasteiger partial charge in [-0.3, -0.25) is 0 Å². The minimum Gasteiger partial charge on any atom is -0.497 e. The molecule has 0 spiro atoms. The molecule has 5 rings (SSSR count). The van der Waals surface area contributed by atoms with Gasteiger partial charge in [0.2, 0.25) is 0 Å². The number of halogens is 1. The number of amides is 1. The fourth-order valence-corrected chi connectivity index (χ4v) is 5.31. The summed E-state index contributed by atoms with van der Waals surface area (Å²) in [6, 6.07) is 10.7. The standard InChI is InChI=1S/C21H21ClN2O3/c1-27-14-2-3-15(18(22)10-14)13-8-12-4-7-24-19-5-6-23(21(25)26)11-17(19)16(9-13)20(12)24/h2-3,8-10,17,19H,4-7,11H2,1H3,(H,25,26)/t17-,19-/m1/s1. The van der Waals surface area contributed by atoms with E-state index in [0.29, 0.717) is 24.2 Å². The molecule has 1 N–H and O–H groups in total. The monoisotopic (exact) mass is 384 g/mol. The molecule has 0 saturated carbocycles. The lowest BCUT2D eigenvalue weighted by molar-refractivity contribution is 0.127. The Bertz CT molecular complexity index is 945. The maximum Gasteiger partial charge on any atom is 0.407 e. The lowest BCUT2D eigenvalue weighted by Gasteiger charge is -2.37. The molecule has 3 aliphatic rings. The van der Waals surface area contributed by atoms with Crippen LogP contribution in [0.1, 0.15) is 23.5 Å². The van der Waals surface area contributed by atoms with Crippen molar-refractivity contribution in [2.24, 2.45) is 0 Å². The van der Waals surface area contributed by atoms with E-state index in [1.54, 1.807) is 12.0 Å². The fraction of sp³-hybridized carbons (Fsp3) is 0.381. The molecule has 27 heavy (non-hydrogen) atoms. The lowest BCUT2D eigenvalue weighted by atomic mass is 9.86. The van der Waals surface area contributed by atoms with Gasteiger partial charge in [-0.2, -0.15) is 0 Å². The number of piperidine rings is 1. The molecule has 0 aliphatic carbocycles. The zero-order chi connectivity index (χ0) is 18.7. The van der Waals surface area contributed by atoms with E-state index in [-0.39, 0.29) is 5.92 Å².